The maximum atomic E-state index is 15.9. The fraction of sp³-hybridized carbons (Fsp3) is 0.375. The SMILES string of the molecule is CCc1c(Oc2ccn3ncnc3c2)ccc(Nc2ncnc3ccc([C@@H]4CCCN(C(=O)OC(C)(C)C)CC4)nc23)c1F. The van der Waals surface area contributed by atoms with Gasteiger partial charge in [-0.25, -0.2) is 33.6 Å². The number of anilines is 2. The molecular formula is C32H35FN8O3. The summed E-state index contributed by atoms with van der Waals surface area (Å²) in [6, 6.07) is 10.8. The second kappa shape index (κ2) is 12.0. The molecular weight excluding hydrogens is 563 g/mol. The molecule has 12 heteroatoms. The van der Waals surface area contributed by atoms with Crippen LogP contribution < -0.4 is 10.1 Å². The number of hydrogen-bond donors (Lipinski definition) is 1. The van der Waals surface area contributed by atoms with Crippen molar-refractivity contribution in [3.05, 3.63) is 72.3 Å². The van der Waals surface area contributed by atoms with Crippen LogP contribution in [0.25, 0.3) is 16.7 Å². The highest BCUT2D eigenvalue weighted by Crippen LogP contribution is 2.35. The third kappa shape index (κ3) is 6.24. The normalized spacial score (nSPS) is 15.8. The van der Waals surface area contributed by atoms with E-state index in [0.717, 1.165) is 25.0 Å². The zero-order chi connectivity index (χ0) is 30.8. The number of rotatable bonds is 6. The first-order chi connectivity index (χ1) is 21.2. The number of aromatic nitrogens is 6. The van der Waals surface area contributed by atoms with Gasteiger partial charge >= 0.3 is 6.09 Å². The molecule has 0 unspecified atom stereocenters. The lowest BCUT2D eigenvalue weighted by Gasteiger charge is -2.26. The van der Waals surface area contributed by atoms with E-state index >= 15 is 4.39 Å². The van der Waals surface area contributed by atoms with Crippen molar-refractivity contribution in [3.63, 3.8) is 0 Å². The zero-order valence-corrected chi connectivity index (χ0v) is 25.2. The van der Waals surface area contributed by atoms with Crippen LogP contribution in [0.15, 0.2) is 55.2 Å². The second-order valence-electron chi connectivity index (χ2n) is 11.8. The van der Waals surface area contributed by atoms with Crippen LogP contribution in [0.5, 0.6) is 11.5 Å². The highest BCUT2D eigenvalue weighted by Gasteiger charge is 2.27. The monoisotopic (exact) mass is 598 g/mol. The van der Waals surface area contributed by atoms with E-state index in [1.807, 2.05) is 39.8 Å². The topological polar surface area (TPSA) is 120 Å². The van der Waals surface area contributed by atoms with Crippen molar-refractivity contribution in [1.82, 2.24) is 34.4 Å². The number of hydrogen-bond acceptors (Lipinski definition) is 9. The van der Waals surface area contributed by atoms with Gasteiger partial charge in [0.25, 0.3) is 0 Å². The molecule has 1 N–H and O–H groups in total. The lowest BCUT2D eigenvalue weighted by molar-refractivity contribution is 0.0256. The molecule has 1 aliphatic heterocycles. The van der Waals surface area contributed by atoms with Crippen LogP contribution in [0.4, 0.5) is 20.7 Å². The van der Waals surface area contributed by atoms with E-state index in [4.69, 9.17) is 14.5 Å². The number of nitrogens with one attached hydrogen (secondary N) is 1. The Balaban J connectivity index is 1.23. The lowest BCUT2D eigenvalue weighted by atomic mass is 9.96. The first-order valence-electron chi connectivity index (χ1n) is 14.8. The first-order valence-corrected chi connectivity index (χ1v) is 14.8. The maximum absolute atomic E-state index is 15.9. The van der Waals surface area contributed by atoms with Crippen molar-refractivity contribution >= 4 is 34.3 Å². The predicted molar refractivity (Wildman–Crippen MR) is 164 cm³/mol. The summed E-state index contributed by atoms with van der Waals surface area (Å²) >= 11 is 0. The van der Waals surface area contributed by atoms with Gasteiger partial charge in [-0.15, -0.1) is 0 Å². The largest absolute Gasteiger partial charge is 0.457 e. The summed E-state index contributed by atoms with van der Waals surface area (Å²) < 4.78 is 29.1. The van der Waals surface area contributed by atoms with E-state index < -0.39 is 11.4 Å². The Morgan fingerprint density at radius 2 is 1.93 bits per heavy atom. The highest BCUT2D eigenvalue weighted by atomic mass is 19.1. The minimum Gasteiger partial charge on any atom is -0.457 e. The third-order valence-electron chi connectivity index (χ3n) is 7.59. The Labute approximate surface area is 254 Å². The minimum absolute atomic E-state index is 0.150. The standard InChI is InChI=1S/C32H35FN8O3/c1-5-22-26(43-21-13-16-41-27(17-21)35-19-37-41)11-10-24(28(22)33)39-30-29-25(34-18-36-30)9-8-23(38-29)20-7-6-14-40(15-12-20)31(42)44-32(2,3)4/h8-11,13,16-20H,5-7,12,14-15H2,1-4H3,(H,34,36,39)/t20-/m1/s1. The summed E-state index contributed by atoms with van der Waals surface area (Å²) in [5, 5.41) is 7.24. The van der Waals surface area contributed by atoms with Gasteiger partial charge in [-0.05, 0) is 76.8 Å². The fourth-order valence-corrected chi connectivity index (χ4v) is 5.41. The number of pyridine rings is 2. The number of halogens is 1. The van der Waals surface area contributed by atoms with E-state index in [2.05, 4.69) is 25.4 Å². The van der Waals surface area contributed by atoms with Crippen molar-refractivity contribution in [2.24, 2.45) is 0 Å². The molecule has 11 nitrogen and oxygen atoms in total. The maximum Gasteiger partial charge on any atom is 0.410 e. The number of carbonyl (C=O) groups excluding carboxylic acids is 1. The summed E-state index contributed by atoms with van der Waals surface area (Å²) in [7, 11) is 0. The molecule has 1 aliphatic rings. The van der Waals surface area contributed by atoms with Gasteiger partial charge in [-0.3, -0.25) is 0 Å². The van der Waals surface area contributed by atoms with Crippen LogP contribution >= 0.6 is 0 Å². The van der Waals surface area contributed by atoms with Crippen LogP contribution in [-0.4, -0.2) is 59.2 Å². The van der Waals surface area contributed by atoms with Crippen LogP contribution in [-0.2, 0) is 11.2 Å². The van der Waals surface area contributed by atoms with Gasteiger partial charge in [-0.2, -0.15) is 5.10 Å². The smallest absolute Gasteiger partial charge is 0.410 e. The molecule has 1 aromatic carbocycles. The van der Waals surface area contributed by atoms with Gasteiger partial charge < -0.3 is 19.7 Å². The third-order valence-corrected chi connectivity index (χ3v) is 7.59. The summed E-state index contributed by atoms with van der Waals surface area (Å²) in [6.07, 6.45) is 7.25. The first kappa shape index (κ1) is 29.2. The quantitative estimate of drug-likeness (QED) is 0.225. The van der Waals surface area contributed by atoms with E-state index in [9.17, 15) is 4.79 Å². The van der Waals surface area contributed by atoms with Crippen molar-refractivity contribution in [3.8, 4) is 11.5 Å². The van der Waals surface area contributed by atoms with Gasteiger partial charge in [0, 0.05) is 42.5 Å². The molecule has 6 rings (SSSR count). The van der Waals surface area contributed by atoms with Crippen LogP contribution in [0.3, 0.4) is 0 Å². The van der Waals surface area contributed by atoms with Gasteiger partial charge in [0.1, 0.15) is 35.3 Å². The fourth-order valence-electron chi connectivity index (χ4n) is 5.41. The van der Waals surface area contributed by atoms with E-state index in [1.165, 1.54) is 12.7 Å². The van der Waals surface area contributed by atoms with Crippen molar-refractivity contribution in [2.75, 3.05) is 18.4 Å². The molecule has 1 saturated heterocycles. The minimum atomic E-state index is -0.537. The van der Waals surface area contributed by atoms with Crippen LogP contribution in [0.2, 0.25) is 0 Å². The van der Waals surface area contributed by atoms with E-state index in [-0.39, 0.29) is 17.7 Å². The summed E-state index contributed by atoms with van der Waals surface area (Å²) in [6.45, 7) is 8.72. The summed E-state index contributed by atoms with van der Waals surface area (Å²) in [4.78, 5) is 32.4. The van der Waals surface area contributed by atoms with E-state index in [0.29, 0.717) is 59.1 Å². The van der Waals surface area contributed by atoms with Crippen molar-refractivity contribution in [1.29, 1.82) is 0 Å². The molecule has 0 bridgehead atoms. The Kier molecular flexibility index (Phi) is 7.98. The number of fused-ring (bicyclic) bond motifs is 2. The molecule has 1 fully saturated rings. The van der Waals surface area contributed by atoms with Crippen molar-refractivity contribution in [2.45, 2.75) is 64.9 Å². The molecule has 1 amide bonds. The number of benzene rings is 1. The van der Waals surface area contributed by atoms with Gasteiger partial charge in [0.2, 0.25) is 0 Å². The van der Waals surface area contributed by atoms with Gasteiger partial charge in [-0.1, -0.05) is 6.92 Å². The Bertz CT molecular complexity index is 1820. The molecule has 4 aromatic heterocycles. The molecule has 44 heavy (non-hydrogen) atoms. The van der Waals surface area contributed by atoms with Gasteiger partial charge in [0.05, 0.1) is 11.2 Å². The Hall–Kier alpha value is -4.87. The molecule has 0 saturated carbocycles. The number of amides is 1. The number of ether oxygens (including phenoxy) is 2. The molecule has 5 aromatic rings. The average molecular weight is 599 g/mol. The number of nitrogens with zero attached hydrogens (tertiary/aromatic N) is 7. The summed E-state index contributed by atoms with van der Waals surface area (Å²) in [5.74, 6) is 1.08. The van der Waals surface area contributed by atoms with E-state index in [1.54, 1.807) is 39.9 Å². The predicted octanol–water partition coefficient (Wildman–Crippen LogP) is 6.81. The molecule has 228 valence electrons. The summed E-state index contributed by atoms with van der Waals surface area (Å²) in [5.41, 5.74) is 2.88. The number of likely N-dealkylation sites (tertiary alicyclic amines) is 1. The second-order valence-corrected chi connectivity index (χ2v) is 11.8. The molecule has 0 spiro atoms. The Morgan fingerprint density at radius 3 is 2.75 bits per heavy atom. The molecule has 1 atom stereocenters. The lowest BCUT2D eigenvalue weighted by Crippen LogP contribution is -2.37. The molecule has 0 radical (unpaired) electrons. The molecule has 5 heterocycles. The number of carbonyl (C=O) groups is 1. The molecule has 0 aliphatic carbocycles. The van der Waals surface area contributed by atoms with Crippen LogP contribution in [0.1, 0.15) is 64.1 Å². The zero-order valence-electron chi connectivity index (χ0n) is 25.2. The average Bonchev–Trinajstić information content (AvgIpc) is 3.32. The van der Waals surface area contributed by atoms with Crippen molar-refractivity contribution < 1.29 is 18.7 Å². The Morgan fingerprint density at radius 1 is 1.07 bits per heavy atom. The van der Waals surface area contributed by atoms with Crippen LogP contribution in [0, 0.1) is 5.82 Å². The highest BCUT2D eigenvalue weighted by molar-refractivity contribution is 5.87. The van der Waals surface area contributed by atoms with Gasteiger partial charge in [0.15, 0.2) is 17.3 Å².